The van der Waals surface area contributed by atoms with Gasteiger partial charge in [-0.05, 0) is 12.8 Å². The molecule has 0 atom stereocenters. The Morgan fingerprint density at radius 2 is 1.42 bits per heavy atom. The van der Waals surface area contributed by atoms with Crippen LogP contribution in [0.4, 0.5) is 30.7 Å². The lowest BCUT2D eigenvalue weighted by molar-refractivity contribution is -0.360. The molecule has 0 aromatic rings. The summed E-state index contributed by atoms with van der Waals surface area (Å²) in [5.41, 5.74) is 0. The van der Waals surface area contributed by atoms with E-state index in [0.717, 1.165) is 0 Å². The summed E-state index contributed by atoms with van der Waals surface area (Å²) in [6, 6.07) is 0. The van der Waals surface area contributed by atoms with Crippen LogP contribution < -0.4 is 0 Å². The van der Waals surface area contributed by atoms with E-state index in [2.05, 4.69) is 4.74 Å². The highest BCUT2D eigenvalue weighted by atomic mass is 19.4. The molecular weight excluding hydrogens is 285 g/mol. The van der Waals surface area contributed by atoms with Gasteiger partial charge in [-0.3, -0.25) is 4.79 Å². The van der Waals surface area contributed by atoms with Gasteiger partial charge in [-0.1, -0.05) is 13.8 Å². The third kappa shape index (κ3) is 3.97. The highest BCUT2D eigenvalue weighted by Crippen LogP contribution is 2.46. The average molecular weight is 298 g/mol. The first-order chi connectivity index (χ1) is 8.40. The Labute approximate surface area is 104 Å². The number of carbonyl (C=O) groups excluding carboxylic acids is 1. The molecule has 0 heterocycles. The predicted molar refractivity (Wildman–Crippen MR) is 51.0 cm³/mol. The average Bonchev–Trinajstić information content (AvgIpc) is 2.26. The molecule has 0 aromatic carbocycles. The molecule has 0 rings (SSSR count). The van der Waals surface area contributed by atoms with Crippen LogP contribution >= 0.6 is 0 Å². The number of hydrogen-bond donors (Lipinski definition) is 0. The van der Waals surface area contributed by atoms with Gasteiger partial charge in [0.15, 0.2) is 6.61 Å². The summed E-state index contributed by atoms with van der Waals surface area (Å²) in [4.78, 5) is 11.1. The van der Waals surface area contributed by atoms with Crippen LogP contribution in [0.5, 0.6) is 0 Å². The van der Waals surface area contributed by atoms with Gasteiger partial charge in [0.05, 0.1) is 5.92 Å². The molecule has 0 N–H and O–H groups in total. The molecule has 0 saturated carbocycles. The van der Waals surface area contributed by atoms with E-state index in [1.807, 2.05) is 0 Å². The van der Waals surface area contributed by atoms with E-state index in [1.54, 1.807) is 0 Å². The smallest absolute Gasteiger partial charge is 0.459 e. The molecule has 19 heavy (non-hydrogen) atoms. The highest BCUT2D eigenvalue weighted by molar-refractivity contribution is 5.72. The summed E-state index contributed by atoms with van der Waals surface area (Å²) < 4.78 is 89.7. The van der Waals surface area contributed by atoms with Crippen molar-refractivity contribution in [2.45, 2.75) is 44.7 Å². The lowest BCUT2D eigenvalue weighted by atomic mass is 10.0. The van der Waals surface area contributed by atoms with Crippen molar-refractivity contribution in [2.24, 2.45) is 5.92 Å². The number of ether oxygens (including phenoxy) is 1. The van der Waals surface area contributed by atoms with Crippen molar-refractivity contribution in [3.05, 3.63) is 0 Å². The lowest BCUT2D eigenvalue weighted by Gasteiger charge is -2.28. The molecule has 0 saturated heterocycles. The van der Waals surface area contributed by atoms with Gasteiger partial charge < -0.3 is 4.74 Å². The molecule has 0 aromatic heterocycles. The number of carbonyl (C=O) groups is 1. The molecule has 0 unspecified atom stereocenters. The molecule has 0 radical (unpaired) electrons. The number of halogens is 7. The van der Waals surface area contributed by atoms with Crippen LogP contribution in [0.1, 0.15) is 26.7 Å². The molecule has 0 spiro atoms. The Balaban J connectivity index is 4.76. The van der Waals surface area contributed by atoms with Crippen LogP contribution in [0, 0.1) is 5.92 Å². The maximum absolute atomic E-state index is 12.8. The molecule has 0 aliphatic rings. The first-order valence-electron chi connectivity index (χ1n) is 5.39. The van der Waals surface area contributed by atoms with Gasteiger partial charge in [0.25, 0.3) is 0 Å². The molecule has 2 nitrogen and oxygen atoms in total. The van der Waals surface area contributed by atoms with Gasteiger partial charge in [-0.25, -0.2) is 0 Å². The molecule has 0 bridgehead atoms. The van der Waals surface area contributed by atoms with Crippen molar-refractivity contribution in [1.82, 2.24) is 0 Å². The van der Waals surface area contributed by atoms with Gasteiger partial charge in [0, 0.05) is 0 Å². The van der Waals surface area contributed by atoms with Gasteiger partial charge >= 0.3 is 24.0 Å². The Bertz CT molecular complexity index is 307. The maximum Gasteiger partial charge on any atom is 0.460 e. The Morgan fingerprint density at radius 3 is 1.74 bits per heavy atom. The SMILES string of the molecule is CCC(CC)C(=O)OCC(F)(F)C(F)(F)C(F)(F)F. The van der Waals surface area contributed by atoms with Crippen LogP contribution in [0.15, 0.2) is 0 Å². The zero-order chi connectivity index (χ0) is 15.5. The van der Waals surface area contributed by atoms with E-state index in [1.165, 1.54) is 13.8 Å². The van der Waals surface area contributed by atoms with Crippen LogP contribution in [-0.2, 0) is 9.53 Å². The minimum Gasteiger partial charge on any atom is -0.459 e. The summed E-state index contributed by atoms with van der Waals surface area (Å²) in [6.45, 7) is 0.741. The second-order valence-corrected chi connectivity index (χ2v) is 3.90. The van der Waals surface area contributed by atoms with E-state index in [4.69, 9.17) is 0 Å². The van der Waals surface area contributed by atoms with Crippen LogP contribution in [0.3, 0.4) is 0 Å². The summed E-state index contributed by atoms with van der Waals surface area (Å²) in [5.74, 6) is -13.8. The number of esters is 1. The molecule has 0 fully saturated rings. The summed E-state index contributed by atoms with van der Waals surface area (Å²) in [7, 11) is 0. The topological polar surface area (TPSA) is 26.3 Å². The summed E-state index contributed by atoms with van der Waals surface area (Å²) >= 11 is 0. The van der Waals surface area contributed by atoms with E-state index in [9.17, 15) is 35.5 Å². The quantitative estimate of drug-likeness (QED) is 0.551. The van der Waals surface area contributed by atoms with Crippen molar-refractivity contribution in [3.8, 4) is 0 Å². The van der Waals surface area contributed by atoms with Crippen molar-refractivity contribution < 1.29 is 40.3 Å². The van der Waals surface area contributed by atoms with Crippen molar-refractivity contribution in [2.75, 3.05) is 6.61 Å². The first kappa shape index (κ1) is 18.0. The zero-order valence-electron chi connectivity index (χ0n) is 10.2. The molecular formula is C10H13F7O2. The highest BCUT2D eigenvalue weighted by Gasteiger charge is 2.73. The number of rotatable bonds is 6. The van der Waals surface area contributed by atoms with Gasteiger partial charge in [-0.15, -0.1) is 0 Å². The molecule has 9 heteroatoms. The molecule has 0 aliphatic carbocycles. The molecule has 114 valence electrons. The van der Waals surface area contributed by atoms with E-state index >= 15 is 0 Å². The van der Waals surface area contributed by atoms with Crippen molar-refractivity contribution >= 4 is 5.97 Å². The maximum atomic E-state index is 12.8. The number of alkyl halides is 7. The fourth-order valence-electron chi connectivity index (χ4n) is 1.20. The van der Waals surface area contributed by atoms with Gasteiger partial charge in [-0.2, -0.15) is 30.7 Å². The monoisotopic (exact) mass is 298 g/mol. The summed E-state index contributed by atoms with van der Waals surface area (Å²) in [6.07, 6.45) is -6.01. The third-order valence-corrected chi connectivity index (χ3v) is 2.53. The van der Waals surface area contributed by atoms with E-state index < -0.39 is 36.5 Å². The first-order valence-corrected chi connectivity index (χ1v) is 5.39. The summed E-state index contributed by atoms with van der Waals surface area (Å²) in [5, 5.41) is 0. The van der Waals surface area contributed by atoms with Crippen LogP contribution in [0.25, 0.3) is 0 Å². The zero-order valence-corrected chi connectivity index (χ0v) is 10.2. The minimum absolute atomic E-state index is 0.205. The Hall–Kier alpha value is -1.02. The fourth-order valence-corrected chi connectivity index (χ4v) is 1.20. The molecule has 0 amide bonds. The van der Waals surface area contributed by atoms with Crippen molar-refractivity contribution in [3.63, 3.8) is 0 Å². The third-order valence-electron chi connectivity index (χ3n) is 2.53. The van der Waals surface area contributed by atoms with Crippen LogP contribution in [-0.4, -0.2) is 30.6 Å². The Kier molecular flexibility index (Phi) is 5.64. The van der Waals surface area contributed by atoms with E-state index in [-0.39, 0.29) is 12.8 Å². The van der Waals surface area contributed by atoms with E-state index in [0.29, 0.717) is 0 Å². The van der Waals surface area contributed by atoms with Gasteiger partial charge in [0.2, 0.25) is 0 Å². The molecule has 0 aliphatic heterocycles. The second kappa shape index (κ2) is 5.96. The standard InChI is InChI=1S/C10H13F7O2/c1-3-6(4-2)7(18)19-5-8(11,12)9(13,14)10(15,16)17/h6H,3-5H2,1-2H3. The van der Waals surface area contributed by atoms with Crippen LogP contribution in [0.2, 0.25) is 0 Å². The second-order valence-electron chi connectivity index (χ2n) is 3.90. The van der Waals surface area contributed by atoms with Crippen molar-refractivity contribution in [1.29, 1.82) is 0 Å². The lowest BCUT2D eigenvalue weighted by Crippen LogP contribution is -2.54. The fraction of sp³-hybridized carbons (Fsp3) is 0.900. The number of hydrogen-bond acceptors (Lipinski definition) is 2. The van der Waals surface area contributed by atoms with Gasteiger partial charge in [0.1, 0.15) is 0 Å². The minimum atomic E-state index is -6.42. The normalized spacial score (nSPS) is 13.8. The predicted octanol–water partition coefficient (Wildman–Crippen LogP) is 3.80. The largest absolute Gasteiger partial charge is 0.460 e. The Morgan fingerprint density at radius 1 is 1.00 bits per heavy atom.